The Hall–Kier alpha value is -2.34. The van der Waals surface area contributed by atoms with Gasteiger partial charge in [-0.15, -0.1) is 0 Å². The maximum Gasteiger partial charge on any atom is 0.319 e. The number of carbonyl (C=O) groups is 1. The zero-order valence-corrected chi connectivity index (χ0v) is 14.1. The second-order valence-corrected chi connectivity index (χ2v) is 6.43. The van der Waals surface area contributed by atoms with Gasteiger partial charge in [-0.1, -0.05) is 25.0 Å². The molecule has 2 unspecified atom stereocenters. The van der Waals surface area contributed by atoms with Crippen molar-refractivity contribution in [2.45, 2.75) is 44.8 Å². The van der Waals surface area contributed by atoms with Gasteiger partial charge in [0.2, 0.25) is 0 Å². The summed E-state index contributed by atoms with van der Waals surface area (Å²) < 4.78 is 1.80. The Morgan fingerprint density at radius 2 is 2.08 bits per heavy atom. The number of benzene rings is 1. The molecular formula is C18H24N4O2. The highest BCUT2D eigenvalue weighted by Crippen LogP contribution is 2.25. The van der Waals surface area contributed by atoms with Crippen molar-refractivity contribution in [3.05, 3.63) is 36.0 Å². The molecule has 1 aliphatic rings. The smallest absolute Gasteiger partial charge is 0.319 e. The molecule has 0 saturated heterocycles. The molecular weight excluding hydrogens is 304 g/mol. The van der Waals surface area contributed by atoms with Gasteiger partial charge in [0.15, 0.2) is 0 Å². The zero-order valence-electron chi connectivity index (χ0n) is 14.1. The van der Waals surface area contributed by atoms with Crippen molar-refractivity contribution in [3.63, 3.8) is 0 Å². The number of hydrogen-bond acceptors (Lipinski definition) is 3. The highest BCUT2D eigenvalue weighted by molar-refractivity contribution is 5.91. The summed E-state index contributed by atoms with van der Waals surface area (Å²) in [7, 11) is 1.89. The molecule has 1 aromatic carbocycles. The number of rotatable bonds is 3. The molecule has 3 rings (SSSR count). The molecule has 0 spiro atoms. The van der Waals surface area contributed by atoms with Crippen LogP contribution < -0.4 is 10.6 Å². The molecule has 2 amide bonds. The van der Waals surface area contributed by atoms with Crippen molar-refractivity contribution in [2.24, 2.45) is 7.05 Å². The average molecular weight is 328 g/mol. The molecule has 0 aliphatic heterocycles. The monoisotopic (exact) mass is 328 g/mol. The Morgan fingerprint density at radius 1 is 1.29 bits per heavy atom. The summed E-state index contributed by atoms with van der Waals surface area (Å²) in [6, 6.07) is 7.44. The number of anilines is 1. The fraction of sp³-hybridized carbons (Fsp3) is 0.444. The Kier molecular flexibility index (Phi) is 4.85. The van der Waals surface area contributed by atoms with Gasteiger partial charge in [-0.25, -0.2) is 4.79 Å². The third-order valence-electron chi connectivity index (χ3n) is 4.65. The summed E-state index contributed by atoms with van der Waals surface area (Å²) in [5, 5.41) is 20.0. The van der Waals surface area contributed by atoms with E-state index in [1.807, 2.05) is 38.2 Å². The van der Waals surface area contributed by atoms with Gasteiger partial charge in [0.05, 0.1) is 17.8 Å². The molecule has 1 aromatic heterocycles. The molecule has 1 heterocycles. The number of aliphatic hydroxyl groups is 1. The first-order valence-electron chi connectivity index (χ1n) is 8.39. The lowest BCUT2D eigenvalue weighted by molar-refractivity contribution is 0.0955. The van der Waals surface area contributed by atoms with E-state index in [-0.39, 0.29) is 12.1 Å². The summed E-state index contributed by atoms with van der Waals surface area (Å²) in [6.07, 6.45) is 4.93. The maximum absolute atomic E-state index is 12.3. The van der Waals surface area contributed by atoms with Crippen molar-refractivity contribution >= 4 is 11.7 Å². The van der Waals surface area contributed by atoms with E-state index >= 15 is 0 Å². The lowest BCUT2D eigenvalue weighted by Gasteiger charge is -2.28. The van der Waals surface area contributed by atoms with Crippen LogP contribution in [0.2, 0.25) is 0 Å². The lowest BCUT2D eigenvalue weighted by atomic mass is 9.93. The summed E-state index contributed by atoms with van der Waals surface area (Å²) in [4.78, 5) is 12.3. The van der Waals surface area contributed by atoms with Gasteiger partial charge in [-0.2, -0.15) is 5.10 Å². The topological polar surface area (TPSA) is 79.2 Å². The van der Waals surface area contributed by atoms with Gasteiger partial charge < -0.3 is 15.7 Å². The van der Waals surface area contributed by atoms with Crippen molar-refractivity contribution < 1.29 is 9.90 Å². The van der Waals surface area contributed by atoms with E-state index < -0.39 is 6.10 Å². The highest BCUT2D eigenvalue weighted by Gasteiger charge is 2.24. The summed E-state index contributed by atoms with van der Waals surface area (Å²) in [5.41, 5.74) is 3.73. The molecule has 0 radical (unpaired) electrons. The van der Waals surface area contributed by atoms with Crippen LogP contribution in [0.4, 0.5) is 10.5 Å². The number of carbonyl (C=O) groups excluding carboxylic acids is 1. The molecule has 128 valence electrons. The number of amides is 2. The van der Waals surface area contributed by atoms with Gasteiger partial charge >= 0.3 is 6.03 Å². The van der Waals surface area contributed by atoms with Gasteiger partial charge in [0, 0.05) is 24.5 Å². The van der Waals surface area contributed by atoms with E-state index in [9.17, 15) is 9.90 Å². The van der Waals surface area contributed by atoms with Gasteiger partial charge in [0.25, 0.3) is 0 Å². The van der Waals surface area contributed by atoms with Crippen molar-refractivity contribution in [3.8, 4) is 11.3 Å². The van der Waals surface area contributed by atoms with Crippen molar-refractivity contribution in [1.29, 1.82) is 0 Å². The van der Waals surface area contributed by atoms with Gasteiger partial charge in [-0.05, 0) is 37.5 Å². The van der Waals surface area contributed by atoms with Gasteiger partial charge in [0.1, 0.15) is 0 Å². The molecule has 0 bridgehead atoms. The number of hydrogen-bond donors (Lipinski definition) is 3. The molecule has 1 saturated carbocycles. The van der Waals surface area contributed by atoms with E-state index in [0.29, 0.717) is 0 Å². The largest absolute Gasteiger partial charge is 0.391 e. The molecule has 6 heteroatoms. The van der Waals surface area contributed by atoms with Crippen molar-refractivity contribution in [2.75, 3.05) is 5.32 Å². The number of urea groups is 1. The normalized spacial score (nSPS) is 20.6. The van der Waals surface area contributed by atoms with E-state index in [1.165, 1.54) is 0 Å². The van der Waals surface area contributed by atoms with Crippen LogP contribution in [0.25, 0.3) is 11.3 Å². The quantitative estimate of drug-likeness (QED) is 0.810. The minimum absolute atomic E-state index is 0.167. The molecule has 3 N–H and O–H groups in total. The van der Waals surface area contributed by atoms with Crippen molar-refractivity contribution in [1.82, 2.24) is 15.1 Å². The van der Waals surface area contributed by atoms with E-state index in [1.54, 1.807) is 10.9 Å². The Morgan fingerprint density at radius 3 is 2.79 bits per heavy atom. The van der Waals surface area contributed by atoms with Crippen LogP contribution in [0.5, 0.6) is 0 Å². The Bertz CT molecular complexity index is 726. The second-order valence-electron chi connectivity index (χ2n) is 6.43. The lowest BCUT2D eigenvalue weighted by Crippen LogP contribution is -2.46. The van der Waals surface area contributed by atoms with E-state index in [2.05, 4.69) is 15.7 Å². The number of nitrogens with zero attached hydrogens (tertiary/aromatic N) is 2. The van der Waals surface area contributed by atoms with Crippen LogP contribution in [-0.4, -0.2) is 33.1 Å². The zero-order chi connectivity index (χ0) is 17.1. The number of aromatic nitrogens is 2. The standard InChI is InChI=1S/C18H24N4O2/c1-12-7-8-13(16-9-10-19-22(16)2)11-15(12)21-18(24)20-14-5-3-4-6-17(14)23/h7-11,14,17,23H,3-6H2,1-2H3,(H2,20,21,24). The molecule has 2 aromatic rings. The molecule has 24 heavy (non-hydrogen) atoms. The minimum Gasteiger partial charge on any atom is -0.391 e. The van der Waals surface area contributed by atoms with Crippen LogP contribution in [-0.2, 0) is 7.05 Å². The fourth-order valence-corrected chi connectivity index (χ4v) is 3.18. The summed E-state index contributed by atoms with van der Waals surface area (Å²) in [6.45, 7) is 1.96. The predicted octanol–water partition coefficient (Wildman–Crippen LogP) is 2.82. The Labute approximate surface area is 141 Å². The number of nitrogens with one attached hydrogen (secondary N) is 2. The number of aliphatic hydroxyl groups excluding tert-OH is 1. The fourth-order valence-electron chi connectivity index (χ4n) is 3.18. The first-order valence-corrected chi connectivity index (χ1v) is 8.39. The molecule has 2 atom stereocenters. The van der Waals surface area contributed by atoms with Gasteiger partial charge in [-0.3, -0.25) is 4.68 Å². The maximum atomic E-state index is 12.3. The number of aryl methyl sites for hydroxylation is 2. The minimum atomic E-state index is -0.452. The molecule has 1 fully saturated rings. The highest BCUT2D eigenvalue weighted by atomic mass is 16.3. The first-order chi connectivity index (χ1) is 11.5. The third kappa shape index (κ3) is 3.59. The summed E-state index contributed by atoms with van der Waals surface area (Å²) in [5.74, 6) is 0. The van der Waals surface area contributed by atoms with E-state index in [4.69, 9.17) is 0 Å². The SMILES string of the molecule is Cc1ccc(-c2ccnn2C)cc1NC(=O)NC1CCCCC1O. The predicted molar refractivity (Wildman–Crippen MR) is 93.8 cm³/mol. The van der Waals surface area contributed by atoms with Crippen LogP contribution in [0, 0.1) is 6.92 Å². The molecule has 6 nitrogen and oxygen atoms in total. The van der Waals surface area contributed by atoms with Crippen LogP contribution in [0.1, 0.15) is 31.2 Å². The Balaban J connectivity index is 1.72. The van der Waals surface area contributed by atoms with Crippen LogP contribution >= 0.6 is 0 Å². The average Bonchev–Trinajstić information content (AvgIpc) is 2.98. The second kappa shape index (κ2) is 7.05. The molecule has 1 aliphatic carbocycles. The summed E-state index contributed by atoms with van der Waals surface area (Å²) >= 11 is 0. The third-order valence-corrected chi connectivity index (χ3v) is 4.65. The van der Waals surface area contributed by atoms with E-state index in [0.717, 1.165) is 48.2 Å². The van der Waals surface area contributed by atoms with Crippen LogP contribution in [0.3, 0.4) is 0 Å². The van der Waals surface area contributed by atoms with Crippen LogP contribution in [0.15, 0.2) is 30.5 Å². The first kappa shape index (κ1) is 16.5.